The summed E-state index contributed by atoms with van der Waals surface area (Å²) < 4.78 is 67.2. The lowest BCUT2D eigenvalue weighted by atomic mass is 10.1. The summed E-state index contributed by atoms with van der Waals surface area (Å²) in [5.41, 5.74) is 0. The number of likely N-dealkylation sites (N-methyl/N-ethyl adjacent to an activating group) is 1. The summed E-state index contributed by atoms with van der Waals surface area (Å²) in [7, 11) is -3.77. The van der Waals surface area contributed by atoms with E-state index in [2.05, 4.69) is 14.4 Å². The fourth-order valence-electron chi connectivity index (χ4n) is 2.55. The summed E-state index contributed by atoms with van der Waals surface area (Å²) in [6, 6.07) is 3.98. The maximum atomic E-state index is 12.3. The minimum Gasteiger partial charge on any atom is -0.406 e. The van der Waals surface area contributed by atoms with Gasteiger partial charge in [0.15, 0.2) is 0 Å². The number of alkyl halides is 3. The topological polar surface area (TPSA) is 58.6 Å². The molecule has 1 aliphatic rings. The van der Waals surface area contributed by atoms with E-state index in [1.807, 2.05) is 6.92 Å². The van der Waals surface area contributed by atoms with E-state index in [-0.39, 0.29) is 10.9 Å². The number of halogens is 3. The second-order valence-corrected chi connectivity index (χ2v) is 7.09. The van der Waals surface area contributed by atoms with Crippen molar-refractivity contribution in [2.45, 2.75) is 37.1 Å². The molecule has 1 aromatic rings. The molecule has 1 aromatic carbocycles. The van der Waals surface area contributed by atoms with E-state index in [0.717, 1.165) is 50.2 Å². The van der Waals surface area contributed by atoms with Crippen LogP contribution in [0.3, 0.4) is 0 Å². The maximum absolute atomic E-state index is 12.3. The van der Waals surface area contributed by atoms with Gasteiger partial charge in [0, 0.05) is 12.6 Å². The van der Waals surface area contributed by atoms with Crippen LogP contribution in [0.4, 0.5) is 13.2 Å². The highest BCUT2D eigenvalue weighted by atomic mass is 32.2. The van der Waals surface area contributed by atoms with Crippen LogP contribution in [0.15, 0.2) is 29.2 Å². The van der Waals surface area contributed by atoms with Gasteiger partial charge in [-0.05, 0) is 50.2 Å². The Morgan fingerprint density at radius 3 is 2.52 bits per heavy atom. The molecule has 1 aliphatic heterocycles. The molecule has 0 amide bonds. The molecule has 0 aliphatic carbocycles. The van der Waals surface area contributed by atoms with Gasteiger partial charge in [0.1, 0.15) is 5.75 Å². The summed E-state index contributed by atoms with van der Waals surface area (Å²) in [5, 5.41) is 0. The molecule has 1 fully saturated rings. The normalized spacial score (nSPS) is 20.4. The molecule has 1 N–H and O–H groups in total. The van der Waals surface area contributed by atoms with Gasteiger partial charge >= 0.3 is 6.36 Å². The standard InChI is InChI=1S/C14H19F3N2O3S/c1-2-19-9-3-4-11(10-19)18-23(20,21)13-7-5-12(6-8-13)22-14(15,16)17/h5-8,11,18H,2-4,9-10H2,1H3/t11-/m0/s1. The predicted octanol–water partition coefficient (Wildman–Crippen LogP) is 2.35. The van der Waals surface area contributed by atoms with E-state index >= 15 is 0 Å². The highest BCUT2D eigenvalue weighted by Crippen LogP contribution is 2.24. The van der Waals surface area contributed by atoms with Crippen molar-refractivity contribution in [3.63, 3.8) is 0 Å². The van der Waals surface area contributed by atoms with Gasteiger partial charge in [0.25, 0.3) is 0 Å². The summed E-state index contributed by atoms with van der Waals surface area (Å²) >= 11 is 0. The molecule has 0 aromatic heterocycles. The van der Waals surface area contributed by atoms with Crippen LogP contribution in [0.2, 0.25) is 0 Å². The Morgan fingerprint density at radius 2 is 1.96 bits per heavy atom. The molecule has 23 heavy (non-hydrogen) atoms. The van der Waals surface area contributed by atoms with E-state index in [1.165, 1.54) is 0 Å². The first-order valence-corrected chi connectivity index (χ1v) is 8.78. The Balaban J connectivity index is 2.04. The van der Waals surface area contributed by atoms with Crippen LogP contribution in [0, 0.1) is 0 Å². The fraction of sp³-hybridized carbons (Fsp3) is 0.571. The zero-order valence-corrected chi connectivity index (χ0v) is 13.5. The van der Waals surface area contributed by atoms with Gasteiger partial charge in [-0.3, -0.25) is 0 Å². The average molecular weight is 352 g/mol. The first-order valence-electron chi connectivity index (χ1n) is 7.30. The molecular weight excluding hydrogens is 333 g/mol. The van der Waals surface area contributed by atoms with Gasteiger partial charge in [-0.2, -0.15) is 0 Å². The van der Waals surface area contributed by atoms with Crippen LogP contribution in [0.5, 0.6) is 5.75 Å². The Hall–Kier alpha value is -1.32. The second kappa shape index (κ2) is 7.06. The van der Waals surface area contributed by atoms with Crippen molar-refractivity contribution >= 4 is 10.0 Å². The molecule has 0 spiro atoms. The van der Waals surface area contributed by atoms with Gasteiger partial charge < -0.3 is 9.64 Å². The van der Waals surface area contributed by atoms with Gasteiger partial charge in [-0.1, -0.05) is 6.92 Å². The third-order valence-corrected chi connectivity index (χ3v) is 5.18. The van der Waals surface area contributed by atoms with Crippen LogP contribution in [0.25, 0.3) is 0 Å². The van der Waals surface area contributed by atoms with Crippen LogP contribution < -0.4 is 9.46 Å². The van der Waals surface area contributed by atoms with E-state index < -0.39 is 22.1 Å². The molecule has 0 radical (unpaired) electrons. The third-order valence-electron chi connectivity index (χ3n) is 3.64. The van der Waals surface area contributed by atoms with Gasteiger partial charge in [-0.25, -0.2) is 13.1 Å². The molecule has 0 unspecified atom stereocenters. The number of likely N-dealkylation sites (tertiary alicyclic amines) is 1. The third kappa shape index (κ3) is 5.36. The minimum absolute atomic E-state index is 0.0827. The van der Waals surface area contributed by atoms with E-state index in [0.29, 0.717) is 6.54 Å². The van der Waals surface area contributed by atoms with Gasteiger partial charge in [-0.15, -0.1) is 13.2 Å². The molecule has 1 saturated heterocycles. The average Bonchev–Trinajstić information content (AvgIpc) is 2.46. The smallest absolute Gasteiger partial charge is 0.406 e. The Bertz CT molecular complexity index is 617. The van der Waals surface area contributed by atoms with Crippen LogP contribution >= 0.6 is 0 Å². The van der Waals surface area contributed by atoms with Crippen molar-refractivity contribution in [3.8, 4) is 5.75 Å². The summed E-state index contributed by atoms with van der Waals surface area (Å²) in [4.78, 5) is 2.07. The first-order chi connectivity index (χ1) is 10.7. The number of benzene rings is 1. The number of ether oxygens (including phenoxy) is 1. The van der Waals surface area contributed by atoms with Crippen molar-refractivity contribution in [2.75, 3.05) is 19.6 Å². The lowest BCUT2D eigenvalue weighted by Crippen LogP contribution is -2.47. The van der Waals surface area contributed by atoms with Crippen LogP contribution in [-0.2, 0) is 10.0 Å². The van der Waals surface area contributed by atoms with Crippen molar-refractivity contribution in [3.05, 3.63) is 24.3 Å². The number of piperidine rings is 1. The summed E-state index contributed by atoms with van der Waals surface area (Å²) in [6.07, 6.45) is -3.16. The number of nitrogens with zero attached hydrogens (tertiary/aromatic N) is 1. The van der Waals surface area contributed by atoms with Gasteiger partial charge in [0.2, 0.25) is 10.0 Å². The van der Waals surface area contributed by atoms with Crippen molar-refractivity contribution in [2.24, 2.45) is 0 Å². The second-order valence-electron chi connectivity index (χ2n) is 5.37. The molecule has 1 atom stereocenters. The van der Waals surface area contributed by atoms with E-state index in [9.17, 15) is 21.6 Å². The fourth-order valence-corrected chi connectivity index (χ4v) is 3.81. The number of nitrogens with one attached hydrogen (secondary N) is 1. The first kappa shape index (κ1) is 18.0. The number of hydrogen-bond donors (Lipinski definition) is 1. The van der Waals surface area contributed by atoms with Crippen molar-refractivity contribution < 1.29 is 26.3 Å². The molecule has 2 rings (SSSR count). The summed E-state index contributed by atoms with van der Waals surface area (Å²) in [5.74, 6) is -0.453. The monoisotopic (exact) mass is 352 g/mol. The predicted molar refractivity (Wildman–Crippen MR) is 78.6 cm³/mol. The highest BCUT2D eigenvalue weighted by Gasteiger charge is 2.31. The zero-order chi connectivity index (χ0) is 17.1. The Labute approximate surface area is 133 Å². The number of rotatable bonds is 5. The molecule has 1 heterocycles. The molecular formula is C14H19F3N2O3S. The SMILES string of the molecule is CCN1CCC[C@H](NS(=O)(=O)c2ccc(OC(F)(F)F)cc2)C1. The quantitative estimate of drug-likeness (QED) is 0.884. The molecule has 0 saturated carbocycles. The maximum Gasteiger partial charge on any atom is 0.573 e. The van der Waals surface area contributed by atoms with Crippen molar-refractivity contribution in [1.82, 2.24) is 9.62 Å². The van der Waals surface area contributed by atoms with Crippen LogP contribution in [-0.4, -0.2) is 45.4 Å². The van der Waals surface area contributed by atoms with E-state index in [1.54, 1.807) is 0 Å². The number of hydrogen-bond acceptors (Lipinski definition) is 4. The van der Waals surface area contributed by atoms with Crippen molar-refractivity contribution in [1.29, 1.82) is 0 Å². The Kier molecular flexibility index (Phi) is 5.53. The lowest BCUT2D eigenvalue weighted by Gasteiger charge is -2.32. The highest BCUT2D eigenvalue weighted by molar-refractivity contribution is 7.89. The summed E-state index contributed by atoms with van der Waals surface area (Å²) in [6.45, 7) is 4.43. The zero-order valence-electron chi connectivity index (χ0n) is 12.6. The van der Waals surface area contributed by atoms with Gasteiger partial charge in [0.05, 0.1) is 4.90 Å². The van der Waals surface area contributed by atoms with E-state index in [4.69, 9.17) is 0 Å². The lowest BCUT2D eigenvalue weighted by molar-refractivity contribution is -0.274. The molecule has 5 nitrogen and oxygen atoms in total. The molecule has 130 valence electrons. The number of sulfonamides is 1. The Morgan fingerprint density at radius 1 is 1.30 bits per heavy atom. The minimum atomic E-state index is -4.80. The van der Waals surface area contributed by atoms with Crippen LogP contribution in [0.1, 0.15) is 19.8 Å². The molecule has 9 heteroatoms. The molecule has 0 bridgehead atoms. The largest absolute Gasteiger partial charge is 0.573 e.